The minimum Gasteiger partial charge on any atom is -0.375 e. The molecule has 132 valence electrons. The minimum absolute atomic E-state index is 0.0785. The molecule has 0 unspecified atom stereocenters. The summed E-state index contributed by atoms with van der Waals surface area (Å²) in [5, 5.41) is 0. The smallest absolute Gasteiger partial charge is 0.227 e. The molecule has 3 rings (SSSR count). The zero-order valence-electron chi connectivity index (χ0n) is 13.9. The number of fused-ring (bicyclic) bond motifs is 1. The van der Waals surface area contributed by atoms with Crippen molar-refractivity contribution in [3.8, 4) is 0 Å². The fraction of sp³-hybridized carbons (Fsp3) is 0.588. The van der Waals surface area contributed by atoms with E-state index in [4.69, 9.17) is 4.74 Å². The van der Waals surface area contributed by atoms with Crippen LogP contribution in [0.3, 0.4) is 0 Å². The summed E-state index contributed by atoms with van der Waals surface area (Å²) in [6.07, 6.45) is 2.33. The molecule has 0 aliphatic carbocycles. The van der Waals surface area contributed by atoms with Crippen molar-refractivity contribution in [1.82, 2.24) is 9.21 Å². The maximum Gasteiger partial charge on any atom is 0.227 e. The number of carbonyl (C=O) groups is 1. The topological polar surface area (TPSA) is 66.9 Å². The molecule has 0 N–H and O–H groups in total. The van der Waals surface area contributed by atoms with Gasteiger partial charge >= 0.3 is 0 Å². The van der Waals surface area contributed by atoms with Gasteiger partial charge in [-0.25, -0.2) is 8.42 Å². The van der Waals surface area contributed by atoms with Crippen LogP contribution in [0.5, 0.6) is 0 Å². The first-order valence-corrected chi connectivity index (χ1v) is 10.2. The fourth-order valence-electron chi connectivity index (χ4n) is 3.43. The van der Waals surface area contributed by atoms with Crippen LogP contribution < -0.4 is 0 Å². The second kappa shape index (κ2) is 7.21. The van der Waals surface area contributed by atoms with E-state index < -0.39 is 10.0 Å². The molecule has 2 heterocycles. The van der Waals surface area contributed by atoms with Gasteiger partial charge in [0.25, 0.3) is 0 Å². The molecule has 2 saturated heterocycles. The Morgan fingerprint density at radius 3 is 2.67 bits per heavy atom. The van der Waals surface area contributed by atoms with E-state index in [-0.39, 0.29) is 17.9 Å². The number of ether oxygens (including phenoxy) is 1. The van der Waals surface area contributed by atoms with Gasteiger partial charge in [-0.1, -0.05) is 30.3 Å². The number of nitrogens with zero attached hydrogens (tertiary/aromatic N) is 2. The first-order valence-electron chi connectivity index (χ1n) is 8.32. The molecule has 6 nitrogen and oxygen atoms in total. The first-order chi connectivity index (χ1) is 11.4. The van der Waals surface area contributed by atoms with Gasteiger partial charge in [-0.3, -0.25) is 4.79 Å². The number of sulfonamides is 1. The SMILES string of the molecule is CS(=O)(=O)N1CCO[C@H]2CN(C(=O)Cc3ccccc3)CC[C@H]2C1. The number of piperidine rings is 1. The standard InChI is InChI=1S/C17H24N2O4S/c1-24(21,22)19-9-10-23-16-13-18(8-7-15(16)12-19)17(20)11-14-5-3-2-4-6-14/h2-6,15-16H,7-13H2,1H3/t15-,16-/m0/s1. The summed E-state index contributed by atoms with van der Waals surface area (Å²) in [4.78, 5) is 14.4. The van der Waals surface area contributed by atoms with Crippen molar-refractivity contribution in [2.75, 3.05) is 39.0 Å². The third kappa shape index (κ3) is 4.15. The lowest BCUT2D eigenvalue weighted by molar-refractivity contribution is -0.136. The Labute approximate surface area is 143 Å². The number of amides is 1. The fourth-order valence-corrected chi connectivity index (χ4v) is 4.30. The molecule has 24 heavy (non-hydrogen) atoms. The highest BCUT2D eigenvalue weighted by molar-refractivity contribution is 7.88. The molecular formula is C17H24N2O4S. The molecule has 2 aliphatic heterocycles. The number of hydrogen-bond donors (Lipinski definition) is 0. The second-order valence-corrected chi connectivity index (χ2v) is 8.56. The zero-order valence-corrected chi connectivity index (χ0v) is 14.7. The van der Waals surface area contributed by atoms with Crippen molar-refractivity contribution in [3.05, 3.63) is 35.9 Å². The number of hydrogen-bond acceptors (Lipinski definition) is 4. The van der Waals surface area contributed by atoms with Crippen molar-refractivity contribution >= 4 is 15.9 Å². The van der Waals surface area contributed by atoms with Crippen LogP contribution in [-0.4, -0.2) is 68.7 Å². The van der Waals surface area contributed by atoms with Crippen molar-refractivity contribution in [2.45, 2.75) is 18.9 Å². The quantitative estimate of drug-likeness (QED) is 0.805. The van der Waals surface area contributed by atoms with Crippen molar-refractivity contribution < 1.29 is 17.9 Å². The van der Waals surface area contributed by atoms with E-state index >= 15 is 0 Å². The van der Waals surface area contributed by atoms with Crippen molar-refractivity contribution in [1.29, 1.82) is 0 Å². The predicted molar refractivity (Wildman–Crippen MR) is 91.0 cm³/mol. The lowest BCUT2D eigenvalue weighted by Crippen LogP contribution is -2.49. The van der Waals surface area contributed by atoms with Crippen LogP contribution in [0.25, 0.3) is 0 Å². The van der Waals surface area contributed by atoms with Crippen LogP contribution in [0.2, 0.25) is 0 Å². The molecule has 2 fully saturated rings. The Morgan fingerprint density at radius 1 is 1.21 bits per heavy atom. The lowest BCUT2D eigenvalue weighted by atomic mass is 9.93. The Bertz CT molecular complexity index is 677. The maximum absolute atomic E-state index is 12.5. The van der Waals surface area contributed by atoms with E-state index in [1.165, 1.54) is 10.6 Å². The Balaban J connectivity index is 1.61. The van der Waals surface area contributed by atoms with Crippen molar-refractivity contribution in [3.63, 3.8) is 0 Å². The number of likely N-dealkylation sites (tertiary alicyclic amines) is 1. The molecule has 0 radical (unpaired) electrons. The molecule has 1 amide bonds. The largest absolute Gasteiger partial charge is 0.375 e. The summed E-state index contributed by atoms with van der Waals surface area (Å²) < 4.78 is 31.0. The summed E-state index contributed by atoms with van der Waals surface area (Å²) in [6, 6.07) is 9.71. The monoisotopic (exact) mass is 352 g/mol. The molecule has 0 aromatic heterocycles. The van der Waals surface area contributed by atoms with E-state index in [0.717, 1.165) is 12.0 Å². The molecule has 0 bridgehead atoms. The van der Waals surface area contributed by atoms with Crippen LogP contribution in [-0.2, 0) is 26.0 Å². The van der Waals surface area contributed by atoms with Gasteiger partial charge in [-0.2, -0.15) is 4.31 Å². The highest BCUT2D eigenvalue weighted by Crippen LogP contribution is 2.25. The maximum atomic E-state index is 12.5. The average Bonchev–Trinajstić information content (AvgIpc) is 2.77. The van der Waals surface area contributed by atoms with Gasteiger partial charge < -0.3 is 9.64 Å². The number of benzene rings is 1. The molecule has 0 spiro atoms. The lowest BCUT2D eigenvalue weighted by Gasteiger charge is -2.37. The molecule has 2 atom stereocenters. The highest BCUT2D eigenvalue weighted by atomic mass is 32.2. The van der Waals surface area contributed by atoms with Gasteiger partial charge in [-0.05, 0) is 12.0 Å². The van der Waals surface area contributed by atoms with Crippen molar-refractivity contribution in [2.24, 2.45) is 5.92 Å². The minimum atomic E-state index is -3.20. The summed E-state index contributed by atoms with van der Waals surface area (Å²) in [6.45, 7) is 2.48. The van der Waals surface area contributed by atoms with Gasteiger partial charge in [0, 0.05) is 32.1 Å². The molecule has 1 aromatic carbocycles. The molecule has 0 saturated carbocycles. The Hall–Kier alpha value is -1.44. The Morgan fingerprint density at radius 2 is 1.96 bits per heavy atom. The van der Waals surface area contributed by atoms with Crippen LogP contribution in [0, 0.1) is 5.92 Å². The predicted octanol–water partition coefficient (Wildman–Crippen LogP) is 0.738. The van der Waals surface area contributed by atoms with Crippen LogP contribution in [0.15, 0.2) is 30.3 Å². The number of rotatable bonds is 3. The summed E-state index contributed by atoms with van der Waals surface area (Å²) >= 11 is 0. The zero-order chi connectivity index (χ0) is 17.2. The van der Waals surface area contributed by atoms with Crippen LogP contribution >= 0.6 is 0 Å². The third-order valence-corrected chi connectivity index (χ3v) is 6.10. The van der Waals surface area contributed by atoms with Gasteiger partial charge in [0.15, 0.2) is 0 Å². The molecular weight excluding hydrogens is 328 g/mol. The van der Waals surface area contributed by atoms with E-state index in [0.29, 0.717) is 39.2 Å². The van der Waals surface area contributed by atoms with E-state index in [9.17, 15) is 13.2 Å². The van der Waals surface area contributed by atoms with Gasteiger partial charge in [0.1, 0.15) is 0 Å². The van der Waals surface area contributed by atoms with E-state index in [1.54, 1.807) is 0 Å². The average molecular weight is 352 g/mol. The summed E-state index contributed by atoms with van der Waals surface area (Å²) in [5.41, 5.74) is 1.01. The normalized spacial score (nSPS) is 25.8. The van der Waals surface area contributed by atoms with E-state index in [1.807, 2.05) is 35.2 Å². The summed E-state index contributed by atoms with van der Waals surface area (Å²) in [5.74, 6) is 0.260. The third-order valence-electron chi connectivity index (χ3n) is 4.83. The van der Waals surface area contributed by atoms with Crippen LogP contribution in [0.4, 0.5) is 0 Å². The molecule has 2 aliphatic rings. The number of carbonyl (C=O) groups excluding carboxylic acids is 1. The van der Waals surface area contributed by atoms with Gasteiger partial charge in [0.05, 0.1) is 25.4 Å². The van der Waals surface area contributed by atoms with Gasteiger partial charge in [-0.15, -0.1) is 0 Å². The molecule has 7 heteroatoms. The van der Waals surface area contributed by atoms with E-state index in [2.05, 4.69) is 0 Å². The highest BCUT2D eigenvalue weighted by Gasteiger charge is 2.36. The molecule has 1 aromatic rings. The second-order valence-electron chi connectivity index (χ2n) is 6.58. The first kappa shape index (κ1) is 17.4. The van der Waals surface area contributed by atoms with Gasteiger partial charge in [0.2, 0.25) is 15.9 Å². The Kier molecular flexibility index (Phi) is 5.22. The summed E-state index contributed by atoms with van der Waals surface area (Å²) in [7, 11) is -3.20. The van der Waals surface area contributed by atoms with Crippen LogP contribution in [0.1, 0.15) is 12.0 Å².